The predicted octanol–water partition coefficient (Wildman–Crippen LogP) is 3.05. The highest BCUT2D eigenvalue weighted by Gasteiger charge is 2.09. The molecule has 3 rings (SSSR count). The Morgan fingerprint density at radius 1 is 1.26 bits per heavy atom. The molecule has 4 heteroatoms. The van der Waals surface area contributed by atoms with Crippen LogP contribution in [0.25, 0.3) is 10.2 Å². The standard InChI is InChI=1S/C15H10N2OS/c16-8-11-9-17-15-13(14(11)18)7-12(19-15)6-10-4-2-1-3-5-10/h1-5,7,9H,6H2,(H,17,18). The first-order valence-corrected chi connectivity index (χ1v) is 6.67. The fourth-order valence-electron chi connectivity index (χ4n) is 2.03. The minimum absolute atomic E-state index is 0.163. The molecule has 1 N–H and O–H groups in total. The van der Waals surface area contributed by atoms with Crippen LogP contribution in [0.4, 0.5) is 0 Å². The number of benzene rings is 1. The minimum Gasteiger partial charge on any atom is -0.351 e. The lowest BCUT2D eigenvalue weighted by Gasteiger charge is -1.96. The van der Waals surface area contributed by atoms with Gasteiger partial charge in [-0.15, -0.1) is 11.3 Å². The number of nitrogens with zero attached hydrogens (tertiary/aromatic N) is 1. The number of H-pyrrole nitrogens is 1. The quantitative estimate of drug-likeness (QED) is 0.775. The van der Waals surface area contributed by atoms with Crippen molar-refractivity contribution in [1.29, 1.82) is 5.26 Å². The molecule has 0 fully saturated rings. The van der Waals surface area contributed by atoms with E-state index in [2.05, 4.69) is 17.1 Å². The maximum atomic E-state index is 12.0. The van der Waals surface area contributed by atoms with Crippen LogP contribution >= 0.6 is 11.3 Å². The molecular weight excluding hydrogens is 256 g/mol. The molecule has 3 aromatic rings. The van der Waals surface area contributed by atoms with E-state index in [-0.39, 0.29) is 11.0 Å². The molecule has 3 nitrogen and oxygen atoms in total. The summed E-state index contributed by atoms with van der Waals surface area (Å²) in [5.74, 6) is 0. The van der Waals surface area contributed by atoms with Crippen LogP contribution in [0.15, 0.2) is 47.4 Å². The van der Waals surface area contributed by atoms with Crippen molar-refractivity contribution in [2.45, 2.75) is 6.42 Å². The molecule has 0 aliphatic heterocycles. The number of aromatic nitrogens is 1. The van der Waals surface area contributed by atoms with Crippen LogP contribution in [0.2, 0.25) is 0 Å². The Morgan fingerprint density at radius 3 is 2.79 bits per heavy atom. The number of hydrogen-bond acceptors (Lipinski definition) is 3. The summed E-state index contributed by atoms with van der Waals surface area (Å²) in [6.45, 7) is 0. The number of nitrogens with one attached hydrogen (secondary N) is 1. The highest BCUT2D eigenvalue weighted by Crippen LogP contribution is 2.23. The van der Waals surface area contributed by atoms with Gasteiger partial charge in [0.1, 0.15) is 16.5 Å². The topological polar surface area (TPSA) is 56.6 Å². The second-order valence-corrected chi connectivity index (χ2v) is 5.40. The van der Waals surface area contributed by atoms with Crippen molar-refractivity contribution in [3.8, 4) is 6.07 Å². The second kappa shape index (κ2) is 4.71. The van der Waals surface area contributed by atoms with Crippen molar-refractivity contribution in [2.24, 2.45) is 0 Å². The first kappa shape index (κ1) is 11.7. The third-order valence-corrected chi connectivity index (χ3v) is 4.03. The number of nitriles is 1. The van der Waals surface area contributed by atoms with Gasteiger partial charge >= 0.3 is 0 Å². The lowest BCUT2D eigenvalue weighted by molar-refractivity contribution is 1.24. The van der Waals surface area contributed by atoms with E-state index in [1.165, 1.54) is 11.8 Å². The Morgan fingerprint density at radius 2 is 2.05 bits per heavy atom. The number of thiophene rings is 1. The van der Waals surface area contributed by atoms with Crippen LogP contribution in [0, 0.1) is 11.3 Å². The van der Waals surface area contributed by atoms with Gasteiger partial charge in [0.2, 0.25) is 5.43 Å². The minimum atomic E-state index is -0.188. The van der Waals surface area contributed by atoms with Gasteiger partial charge in [-0.2, -0.15) is 5.26 Å². The van der Waals surface area contributed by atoms with E-state index in [4.69, 9.17) is 5.26 Å². The van der Waals surface area contributed by atoms with E-state index in [1.807, 2.05) is 30.3 Å². The summed E-state index contributed by atoms with van der Waals surface area (Å²) in [5, 5.41) is 9.46. The zero-order valence-corrected chi connectivity index (χ0v) is 10.8. The summed E-state index contributed by atoms with van der Waals surface area (Å²) in [7, 11) is 0. The second-order valence-electron chi connectivity index (χ2n) is 4.26. The third kappa shape index (κ3) is 2.16. The van der Waals surface area contributed by atoms with Gasteiger partial charge in [0.15, 0.2) is 0 Å². The molecule has 0 aliphatic rings. The molecule has 0 saturated heterocycles. The lowest BCUT2D eigenvalue weighted by atomic mass is 10.1. The van der Waals surface area contributed by atoms with Gasteiger partial charge in [0.05, 0.1) is 5.39 Å². The van der Waals surface area contributed by atoms with Crippen molar-refractivity contribution in [3.05, 3.63) is 68.8 Å². The number of hydrogen-bond donors (Lipinski definition) is 1. The number of rotatable bonds is 2. The smallest absolute Gasteiger partial charge is 0.208 e. The van der Waals surface area contributed by atoms with Crippen molar-refractivity contribution in [3.63, 3.8) is 0 Å². The number of aromatic amines is 1. The Balaban J connectivity index is 2.06. The van der Waals surface area contributed by atoms with E-state index in [1.54, 1.807) is 11.3 Å². The van der Waals surface area contributed by atoms with Crippen molar-refractivity contribution in [2.75, 3.05) is 0 Å². The monoisotopic (exact) mass is 266 g/mol. The molecule has 92 valence electrons. The summed E-state index contributed by atoms with van der Waals surface area (Å²) < 4.78 is 0. The first-order chi connectivity index (χ1) is 9.28. The van der Waals surface area contributed by atoms with Crippen LogP contribution in [0.3, 0.4) is 0 Å². The number of pyridine rings is 1. The summed E-state index contributed by atoms with van der Waals surface area (Å²) >= 11 is 1.56. The molecule has 19 heavy (non-hydrogen) atoms. The summed E-state index contributed by atoms with van der Waals surface area (Å²) in [4.78, 5) is 16.9. The fraction of sp³-hybridized carbons (Fsp3) is 0.0667. The van der Waals surface area contributed by atoms with Crippen molar-refractivity contribution in [1.82, 2.24) is 4.98 Å². The summed E-state index contributed by atoms with van der Waals surface area (Å²) in [6, 6.07) is 13.9. The molecule has 2 heterocycles. The maximum absolute atomic E-state index is 12.0. The molecule has 0 saturated carbocycles. The summed E-state index contributed by atoms with van der Waals surface area (Å²) in [6.07, 6.45) is 2.28. The van der Waals surface area contributed by atoms with E-state index < -0.39 is 0 Å². The van der Waals surface area contributed by atoms with Crippen molar-refractivity contribution >= 4 is 21.6 Å². The predicted molar refractivity (Wildman–Crippen MR) is 76.4 cm³/mol. The molecular formula is C15H10N2OS. The van der Waals surface area contributed by atoms with Crippen LogP contribution in [0.5, 0.6) is 0 Å². The molecule has 0 spiro atoms. The Bertz CT molecular complexity index is 825. The van der Waals surface area contributed by atoms with Gasteiger partial charge in [-0.1, -0.05) is 30.3 Å². The molecule has 0 aliphatic carbocycles. The SMILES string of the molecule is N#Cc1c[nH]c2sc(Cc3ccccc3)cc2c1=O. The van der Waals surface area contributed by atoms with Gasteiger partial charge in [0, 0.05) is 17.5 Å². The van der Waals surface area contributed by atoms with Gasteiger partial charge in [-0.3, -0.25) is 4.79 Å². The largest absolute Gasteiger partial charge is 0.351 e. The zero-order valence-electron chi connectivity index (χ0n) is 10.0. The summed E-state index contributed by atoms with van der Waals surface area (Å²) in [5.41, 5.74) is 1.19. The van der Waals surface area contributed by atoms with Crippen molar-refractivity contribution < 1.29 is 0 Å². The van der Waals surface area contributed by atoms with Gasteiger partial charge < -0.3 is 4.98 Å². The Kier molecular flexibility index (Phi) is 2.90. The van der Waals surface area contributed by atoms with Crippen LogP contribution in [-0.2, 0) is 6.42 Å². The number of fused-ring (bicyclic) bond motifs is 1. The third-order valence-electron chi connectivity index (χ3n) is 2.96. The average molecular weight is 266 g/mol. The highest BCUT2D eigenvalue weighted by atomic mass is 32.1. The van der Waals surface area contributed by atoms with Gasteiger partial charge in [0.25, 0.3) is 0 Å². The molecule has 0 bridgehead atoms. The molecule has 1 aromatic carbocycles. The maximum Gasteiger partial charge on any atom is 0.208 e. The molecule has 2 aromatic heterocycles. The Hall–Kier alpha value is -2.38. The zero-order chi connectivity index (χ0) is 13.2. The van der Waals surface area contributed by atoms with E-state index in [0.717, 1.165) is 16.1 Å². The van der Waals surface area contributed by atoms with E-state index in [0.29, 0.717) is 5.39 Å². The average Bonchev–Trinajstić information content (AvgIpc) is 2.84. The highest BCUT2D eigenvalue weighted by molar-refractivity contribution is 7.18. The van der Waals surface area contributed by atoms with Crippen LogP contribution in [-0.4, -0.2) is 4.98 Å². The lowest BCUT2D eigenvalue weighted by Crippen LogP contribution is -2.05. The normalized spacial score (nSPS) is 10.5. The first-order valence-electron chi connectivity index (χ1n) is 5.86. The van der Waals surface area contributed by atoms with Crippen LogP contribution < -0.4 is 5.43 Å². The van der Waals surface area contributed by atoms with E-state index in [9.17, 15) is 4.79 Å². The van der Waals surface area contributed by atoms with E-state index >= 15 is 0 Å². The molecule has 0 amide bonds. The Labute approximate surface area is 113 Å². The van der Waals surface area contributed by atoms with Gasteiger partial charge in [-0.25, -0.2) is 0 Å². The van der Waals surface area contributed by atoms with Crippen LogP contribution in [0.1, 0.15) is 16.0 Å². The molecule has 0 radical (unpaired) electrons. The fourth-order valence-corrected chi connectivity index (χ4v) is 3.09. The molecule has 0 atom stereocenters. The molecule has 0 unspecified atom stereocenters. The van der Waals surface area contributed by atoms with Gasteiger partial charge in [-0.05, 0) is 11.6 Å².